The average molecular weight is 387 g/mol. The summed E-state index contributed by atoms with van der Waals surface area (Å²) in [6, 6.07) is 1.54. The maximum absolute atomic E-state index is 13.2. The Kier molecular flexibility index (Phi) is 5.17. The molecule has 0 bridgehead atoms. The van der Waals surface area contributed by atoms with Crippen molar-refractivity contribution in [3.8, 4) is 0 Å². The van der Waals surface area contributed by atoms with E-state index in [0.717, 1.165) is 25.7 Å². The molecule has 1 N–H and O–H groups in total. The van der Waals surface area contributed by atoms with E-state index in [2.05, 4.69) is 5.32 Å². The van der Waals surface area contributed by atoms with E-state index >= 15 is 0 Å². The molecular weight excluding hydrogens is 358 g/mol. The third-order valence-electron chi connectivity index (χ3n) is 6.80. The number of rotatable bonds is 4. The van der Waals surface area contributed by atoms with E-state index in [1.54, 1.807) is 15.9 Å². The fourth-order valence-corrected chi connectivity index (χ4v) is 5.10. The van der Waals surface area contributed by atoms with Crippen molar-refractivity contribution in [1.82, 2.24) is 15.1 Å². The van der Waals surface area contributed by atoms with Crippen molar-refractivity contribution in [2.75, 3.05) is 19.6 Å². The van der Waals surface area contributed by atoms with Gasteiger partial charge in [0.15, 0.2) is 0 Å². The van der Waals surface area contributed by atoms with Crippen molar-refractivity contribution >= 4 is 17.7 Å². The standard InChI is InChI=1S/C21H29N3O4/c1-2-24-17(18(25)22-16-5-3-4-6-16)13-21(20(24)27)8-10-23(11-9-21)19(26)15-7-12-28-14-15/h7,12,14,16-17H,2-6,8-11,13H2,1H3,(H,22,25)/t17-/m0/s1. The molecule has 0 radical (unpaired) electrons. The van der Waals surface area contributed by atoms with Gasteiger partial charge in [0.2, 0.25) is 11.8 Å². The fraction of sp³-hybridized carbons (Fsp3) is 0.667. The van der Waals surface area contributed by atoms with E-state index in [1.165, 1.54) is 12.5 Å². The van der Waals surface area contributed by atoms with Crippen LogP contribution in [-0.2, 0) is 9.59 Å². The second kappa shape index (κ2) is 7.60. The van der Waals surface area contributed by atoms with Gasteiger partial charge in [-0.05, 0) is 45.1 Å². The molecule has 3 amide bonds. The molecule has 7 heteroatoms. The number of likely N-dealkylation sites (N-methyl/N-ethyl adjacent to an activating group) is 1. The Bertz CT molecular complexity index is 731. The first-order valence-corrected chi connectivity index (χ1v) is 10.5. The first kappa shape index (κ1) is 19.0. The number of hydrogen-bond acceptors (Lipinski definition) is 4. The summed E-state index contributed by atoms with van der Waals surface area (Å²) in [5.41, 5.74) is 0.0265. The number of nitrogens with zero attached hydrogens (tertiary/aromatic N) is 2. The van der Waals surface area contributed by atoms with Gasteiger partial charge in [0.25, 0.3) is 5.91 Å². The summed E-state index contributed by atoms with van der Waals surface area (Å²) in [6.45, 7) is 3.54. The minimum absolute atomic E-state index is 0.00382. The Balaban J connectivity index is 1.42. The molecule has 3 fully saturated rings. The molecule has 1 atom stereocenters. The van der Waals surface area contributed by atoms with Gasteiger partial charge in [-0.25, -0.2) is 0 Å². The maximum Gasteiger partial charge on any atom is 0.257 e. The lowest BCUT2D eigenvalue weighted by atomic mass is 9.75. The van der Waals surface area contributed by atoms with Crippen LogP contribution in [0.3, 0.4) is 0 Å². The molecule has 2 aliphatic heterocycles. The van der Waals surface area contributed by atoms with Crippen LogP contribution in [0.2, 0.25) is 0 Å². The van der Waals surface area contributed by atoms with Crippen LogP contribution < -0.4 is 5.32 Å². The quantitative estimate of drug-likeness (QED) is 0.858. The van der Waals surface area contributed by atoms with Gasteiger partial charge in [0.05, 0.1) is 17.2 Å². The lowest BCUT2D eigenvalue weighted by Gasteiger charge is -2.37. The average Bonchev–Trinajstić information content (AvgIpc) is 3.45. The van der Waals surface area contributed by atoms with Gasteiger partial charge in [-0.3, -0.25) is 14.4 Å². The minimum Gasteiger partial charge on any atom is -0.472 e. The van der Waals surface area contributed by atoms with Crippen molar-refractivity contribution in [1.29, 1.82) is 0 Å². The van der Waals surface area contributed by atoms with E-state index < -0.39 is 5.41 Å². The molecule has 152 valence electrons. The van der Waals surface area contributed by atoms with E-state index in [-0.39, 0.29) is 29.8 Å². The molecule has 28 heavy (non-hydrogen) atoms. The third kappa shape index (κ3) is 3.31. The van der Waals surface area contributed by atoms with Gasteiger partial charge >= 0.3 is 0 Å². The molecule has 1 aliphatic carbocycles. The predicted octanol–water partition coefficient (Wildman–Crippen LogP) is 2.18. The lowest BCUT2D eigenvalue weighted by molar-refractivity contribution is -0.141. The van der Waals surface area contributed by atoms with Gasteiger partial charge in [-0.1, -0.05) is 12.8 Å². The first-order valence-electron chi connectivity index (χ1n) is 10.5. The normalized spacial score (nSPS) is 24.9. The third-order valence-corrected chi connectivity index (χ3v) is 6.80. The van der Waals surface area contributed by atoms with Crippen LogP contribution in [0.4, 0.5) is 0 Å². The van der Waals surface area contributed by atoms with E-state index in [1.807, 2.05) is 6.92 Å². The van der Waals surface area contributed by atoms with Crippen LogP contribution >= 0.6 is 0 Å². The molecule has 1 spiro atoms. The van der Waals surface area contributed by atoms with E-state index in [4.69, 9.17) is 4.42 Å². The molecule has 1 saturated carbocycles. The summed E-state index contributed by atoms with van der Waals surface area (Å²) in [7, 11) is 0. The molecule has 3 aliphatic rings. The summed E-state index contributed by atoms with van der Waals surface area (Å²) >= 11 is 0. The van der Waals surface area contributed by atoms with Crippen molar-refractivity contribution < 1.29 is 18.8 Å². The van der Waals surface area contributed by atoms with Crippen molar-refractivity contribution in [3.63, 3.8) is 0 Å². The van der Waals surface area contributed by atoms with Crippen molar-refractivity contribution in [2.24, 2.45) is 5.41 Å². The summed E-state index contributed by atoms with van der Waals surface area (Å²) in [5, 5.41) is 3.17. The molecule has 0 unspecified atom stereocenters. The summed E-state index contributed by atoms with van der Waals surface area (Å²) in [5.74, 6) is 0.0183. The van der Waals surface area contributed by atoms with Crippen molar-refractivity contribution in [2.45, 2.75) is 64.0 Å². The molecule has 7 nitrogen and oxygen atoms in total. The second-order valence-corrected chi connectivity index (χ2v) is 8.39. The van der Waals surface area contributed by atoms with Gasteiger partial charge < -0.3 is 19.5 Å². The Morgan fingerprint density at radius 1 is 1.25 bits per heavy atom. The van der Waals surface area contributed by atoms with E-state index in [0.29, 0.717) is 44.5 Å². The van der Waals surface area contributed by atoms with Crippen LogP contribution in [0.1, 0.15) is 62.2 Å². The lowest BCUT2D eigenvalue weighted by Crippen LogP contribution is -2.48. The van der Waals surface area contributed by atoms with Gasteiger partial charge in [0.1, 0.15) is 12.3 Å². The maximum atomic E-state index is 13.2. The Morgan fingerprint density at radius 2 is 1.96 bits per heavy atom. The van der Waals surface area contributed by atoms with Crippen LogP contribution in [0, 0.1) is 5.41 Å². The molecule has 2 saturated heterocycles. The summed E-state index contributed by atoms with van der Waals surface area (Å²) < 4.78 is 5.01. The monoisotopic (exact) mass is 387 g/mol. The molecule has 1 aromatic heterocycles. The van der Waals surface area contributed by atoms with Crippen LogP contribution in [0.15, 0.2) is 23.0 Å². The molecular formula is C21H29N3O4. The van der Waals surface area contributed by atoms with Gasteiger partial charge in [0, 0.05) is 25.7 Å². The molecule has 4 rings (SSSR count). The second-order valence-electron chi connectivity index (χ2n) is 8.39. The first-order chi connectivity index (χ1) is 13.5. The molecule has 3 heterocycles. The summed E-state index contributed by atoms with van der Waals surface area (Å²) in [6.07, 6.45) is 9.13. The zero-order valence-electron chi connectivity index (χ0n) is 16.5. The SMILES string of the molecule is CCN1C(=O)C2(CCN(C(=O)c3ccoc3)CC2)C[C@H]1C(=O)NC1CCCC1. The molecule has 1 aromatic rings. The van der Waals surface area contributed by atoms with Crippen LogP contribution in [-0.4, -0.2) is 59.2 Å². The Labute approximate surface area is 165 Å². The Morgan fingerprint density at radius 3 is 2.57 bits per heavy atom. The number of carbonyl (C=O) groups is 3. The number of likely N-dealkylation sites (tertiary alicyclic amines) is 2. The highest BCUT2D eigenvalue weighted by Crippen LogP contribution is 2.44. The highest BCUT2D eigenvalue weighted by atomic mass is 16.3. The number of amides is 3. The number of hydrogen-bond donors (Lipinski definition) is 1. The van der Waals surface area contributed by atoms with Gasteiger partial charge in [-0.15, -0.1) is 0 Å². The number of nitrogens with one attached hydrogen (secondary N) is 1. The Hall–Kier alpha value is -2.31. The molecule has 0 aromatic carbocycles. The topological polar surface area (TPSA) is 82.9 Å². The summed E-state index contributed by atoms with van der Waals surface area (Å²) in [4.78, 5) is 42.2. The predicted molar refractivity (Wildman–Crippen MR) is 102 cm³/mol. The van der Waals surface area contributed by atoms with Gasteiger partial charge in [-0.2, -0.15) is 0 Å². The zero-order valence-corrected chi connectivity index (χ0v) is 16.5. The smallest absolute Gasteiger partial charge is 0.257 e. The zero-order chi connectivity index (χ0) is 19.7. The highest BCUT2D eigenvalue weighted by molar-refractivity contribution is 5.96. The highest BCUT2D eigenvalue weighted by Gasteiger charge is 2.54. The number of furan rings is 1. The number of piperidine rings is 1. The largest absolute Gasteiger partial charge is 0.472 e. The fourth-order valence-electron chi connectivity index (χ4n) is 5.10. The van der Waals surface area contributed by atoms with Crippen molar-refractivity contribution in [3.05, 3.63) is 24.2 Å². The number of carbonyl (C=O) groups excluding carboxylic acids is 3. The van der Waals surface area contributed by atoms with E-state index in [9.17, 15) is 14.4 Å². The minimum atomic E-state index is -0.513. The van der Waals surface area contributed by atoms with Crippen LogP contribution in [0.5, 0.6) is 0 Å². The van der Waals surface area contributed by atoms with Crippen LogP contribution in [0.25, 0.3) is 0 Å².